The molecular weight excluding hydrogens is 262 g/mol. The van der Waals surface area contributed by atoms with Crippen molar-refractivity contribution in [1.29, 1.82) is 0 Å². The Morgan fingerprint density at radius 1 is 1.47 bits per heavy atom. The number of thiazole rings is 1. The Bertz CT molecular complexity index is 416. The summed E-state index contributed by atoms with van der Waals surface area (Å²) < 4.78 is 5.57. The van der Waals surface area contributed by atoms with E-state index in [2.05, 4.69) is 4.98 Å². The van der Waals surface area contributed by atoms with Gasteiger partial charge in [0.1, 0.15) is 4.88 Å². The summed E-state index contributed by atoms with van der Waals surface area (Å²) in [5, 5.41) is 8.75. The summed E-state index contributed by atoms with van der Waals surface area (Å²) in [6.45, 7) is 3.93. The van der Waals surface area contributed by atoms with E-state index in [-0.39, 0.29) is 18.7 Å². The molecule has 0 aromatic carbocycles. The highest BCUT2D eigenvalue weighted by Gasteiger charge is 2.20. The Hall–Kier alpha value is -1.08. The van der Waals surface area contributed by atoms with Crippen molar-refractivity contribution in [2.45, 2.75) is 24.6 Å². The first kappa shape index (κ1) is 14.0. The molecule has 7 heteroatoms. The lowest BCUT2D eigenvalue weighted by Crippen LogP contribution is -2.09. The molecule has 0 fully saturated rings. The molecule has 17 heavy (non-hydrogen) atoms. The van der Waals surface area contributed by atoms with E-state index in [1.165, 1.54) is 23.1 Å². The van der Waals surface area contributed by atoms with Crippen molar-refractivity contribution >= 4 is 35.0 Å². The number of thioether (sulfide) groups is 1. The van der Waals surface area contributed by atoms with Crippen LogP contribution in [0.4, 0.5) is 0 Å². The molecule has 94 valence electrons. The van der Waals surface area contributed by atoms with Gasteiger partial charge in [0.15, 0.2) is 4.34 Å². The van der Waals surface area contributed by atoms with E-state index in [1.54, 1.807) is 6.92 Å². The van der Waals surface area contributed by atoms with Gasteiger partial charge in [-0.05, 0) is 12.7 Å². The van der Waals surface area contributed by atoms with Crippen LogP contribution in [0.5, 0.6) is 0 Å². The molecular formula is C10H13NO4S2. The Morgan fingerprint density at radius 3 is 2.71 bits per heavy atom. The van der Waals surface area contributed by atoms with Crippen molar-refractivity contribution in [2.75, 3.05) is 12.4 Å². The molecule has 0 aliphatic carbocycles. The third-order valence-corrected chi connectivity index (χ3v) is 3.83. The number of hydrogen-bond donors (Lipinski definition) is 1. The van der Waals surface area contributed by atoms with E-state index in [0.29, 0.717) is 9.22 Å². The molecule has 0 amide bonds. The zero-order chi connectivity index (χ0) is 12.8. The molecule has 1 aromatic rings. The second-order valence-corrected chi connectivity index (χ2v) is 5.49. The molecule has 1 N–H and O–H groups in total. The van der Waals surface area contributed by atoms with Gasteiger partial charge in [-0.25, -0.2) is 9.78 Å². The summed E-state index contributed by atoms with van der Waals surface area (Å²) in [6.07, 6.45) is -0.255. The van der Waals surface area contributed by atoms with E-state index in [4.69, 9.17) is 9.84 Å². The smallest absolute Gasteiger partial charge is 0.350 e. The molecule has 0 aliphatic rings. The minimum absolute atomic E-state index is 0.255. The SMILES string of the molecule is CCOC(=O)c1sc(SCC)nc1CC(=O)O. The van der Waals surface area contributed by atoms with Gasteiger partial charge in [0.25, 0.3) is 0 Å². The van der Waals surface area contributed by atoms with Crippen LogP contribution < -0.4 is 0 Å². The number of rotatable bonds is 6. The average Bonchev–Trinajstić information content (AvgIpc) is 2.61. The van der Waals surface area contributed by atoms with Gasteiger partial charge in [-0.1, -0.05) is 18.7 Å². The summed E-state index contributed by atoms with van der Waals surface area (Å²) >= 11 is 2.67. The number of carbonyl (C=O) groups excluding carboxylic acids is 1. The summed E-state index contributed by atoms with van der Waals surface area (Å²) in [5.74, 6) is -0.680. The molecule has 0 radical (unpaired) electrons. The lowest BCUT2D eigenvalue weighted by molar-refractivity contribution is -0.136. The van der Waals surface area contributed by atoms with Crippen LogP contribution in [-0.2, 0) is 16.0 Å². The molecule has 1 heterocycles. The second-order valence-electron chi connectivity index (χ2n) is 2.98. The van der Waals surface area contributed by atoms with Crippen molar-refractivity contribution in [3.8, 4) is 0 Å². The Morgan fingerprint density at radius 2 is 2.18 bits per heavy atom. The minimum atomic E-state index is -1.01. The quantitative estimate of drug-likeness (QED) is 0.632. The van der Waals surface area contributed by atoms with Gasteiger partial charge in [0, 0.05) is 0 Å². The molecule has 0 aliphatic heterocycles. The Kier molecular flexibility index (Phi) is 5.43. The summed E-state index contributed by atoms with van der Waals surface area (Å²) in [6, 6.07) is 0. The third kappa shape index (κ3) is 4.01. The molecule has 0 atom stereocenters. The van der Waals surface area contributed by atoms with E-state index >= 15 is 0 Å². The fourth-order valence-electron chi connectivity index (χ4n) is 1.13. The van der Waals surface area contributed by atoms with Gasteiger partial charge in [-0.3, -0.25) is 4.79 Å². The molecule has 0 unspecified atom stereocenters. The molecule has 0 bridgehead atoms. The van der Waals surface area contributed by atoms with Gasteiger partial charge in [-0.15, -0.1) is 11.3 Å². The number of hydrogen-bond acceptors (Lipinski definition) is 6. The van der Waals surface area contributed by atoms with Crippen LogP contribution in [0.3, 0.4) is 0 Å². The molecule has 5 nitrogen and oxygen atoms in total. The number of esters is 1. The minimum Gasteiger partial charge on any atom is -0.481 e. The van der Waals surface area contributed by atoms with Crippen molar-refractivity contribution in [2.24, 2.45) is 0 Å². The predicted octanol–water partition coefficient (Wildman–Crippen LogP) is 2.06. The first-order valence-corrected chi connectivity index (χ1v) is 6.90. The Balaban J connectivity index is 2.98. The summed E-state index contributed by atoms with van der Waals surface area (Å²) in [4.78, 5) is 26.7. The van der Waals surface area contributed by atoms with Crippen LogP contribution in [0.15, 0.2) is 4.34 Å². The number of aliphatic carboxylic acids is 1. The molecule has 0 spiro atoms. The lowest BCUT2D eigenvalue weighted by Gasteiger charge is -1.99. The van der Waals surface area contributed by atoms with Gasteiger partial charge in [0.05, 0.1) is 18.7 Å². The number of carboxylic acid groups (broad SMARTS) is 1. The van der Waals surface area contributed by atoms with E-state index < -0.39 is 11.9 Å². The van der Waals surface area contributed by atoms with Gasteiger partial charge < -0.3 is 9.84 Å². The van der Waals surface area contributed by atoms with E-state index in [1.807, 2.05) is 6.92 Å². The van der Waals surface area contributed by atoms with Gasteiger partial charge >= 0.3 is 11.9 Å². The van der Waals surface area contributed by atoms with Gasteiger partial charge in [0.2, 0.25) is 0 Å². The highest BCUT2D eigenvalue weighted by molar-refractivity contribution is 8.01. The molecule has 1 aromatic heterocycles. The van der Waals surface area contributed by atoms with Crippen LogP contribution in [0.2, 0.25) is 0 Å². The largest absolute Gasteiger partial charge is 0.481 e. The first-order valence-electron chi connectivity index (χ1n) is 5.09. The van der Waals surface area contributed by atoms with Crippen LogP contribution in [0.25, 0.3) is 0 Å². The van der Waals surface area contributed by atoms with Crippen LogP contribution in [0.1, 0.15) is 29.2 Å². The highest BCUT2D eigenvalue weighted by atomic mass is 32.2. The van der Waals surface area contributed by atoms with Crippen LogP contribution in [0, 0.1) is 0 Å². The molecule has 0 saturated heterocycles. The van der Waals surface area contributed by atoms with E-state index in [9.17, 15) is 9.59 Å². The maximum absolute atomic E-state index is 11.6. The zero-order valence-corrected chi connectivity index (χ0v) is 11.2. The number of aromatic nitrogens is 1. The maximum atomic E-state index is 11.6. The number of nitrogens with zero attached hydrogens (tertiary/aromatic N) is 1. The fourth-order valence-corrected chi connectivity index (χ4v) is 3.10. The summed E-state index contributed by atoms with van der Waals surface area (Å²) in [7, 11) is 0. The highest BCUT2D eigenvalue weighted by Crippen LogP contribution is 2.28. The Labute approximate surface area is 107 Å². The van der Waals surface area contributed by atoms with Crippen molar-refractivity contribution in [3.05, 3.63) is 10.6 Å². The van der Waals surface area contributed by atoms with Crippen molar-refractivity contribution < 1.29 is 19.4 Å². The normalized spacial score (nSPS) is 10.2. The summed E-state index contributed by atoms with van der Waals surface area (Å²) in [5.41, 5.74) is 0.289. The standard InChI is InChI=1S/C10H13NO4S2/c1-3-15-9(14)8-6(5-7(12)13)11-10(17-8)16-4-2/h3-5H2,1-2H3,(H,12,13). The van der Waals surface area contributed by atoms with Crippen molar-refractivity contribution in [3.63, 3.8) is 0 Å². The second kappa shape index (κ2) is 6.61. The fraction of sp³-hybridized carbons (Fsp3) is 0.500. The van der Waals surface area contributed by atoms with Crippen LogP contribution >= 0.6 is 23.1 Å². The van der Waals surface area contributed by atoms with Crippen LogP contribution in [-0.4, -0.2) is 34.4 Å². The van der Waals surface area contributed by atoms with Crippen molar-refractivity contribution in [1.82, 2.24) is 4.98 Å². The van der Waals surface area contributed by atoms with Gasteiger partial charge in [-0.2, -0.15) is 0 Å². The third-order valence-electron chi connectivity index (χ3n) is 1.73. The maximum Gasteiger partial charge on any atom is 0.350 e. The predicted molar refractivity (Wildman–Crippen MR) is 65.8 cm³/mol. The number of ether oxygens (including phenoxy) is 1. The topological polar surface area (TPSA) is 76.5 Å². The van der Waals surface area contributed by atoms with E-state index in [0.717, 1.165) is 5.75 Å². The average molecular weight is 275 g/mol. The number of carbonyl (C=O) groups is 2. The monoisotopic (exact) mass is 275 g/mol. The molecule has 0 saturated carbocycles. The first-order chi connectivity index (χ1) is 8.08. The zero-order valence-electron chi connectivity index (χ0n) is 9.56. The lowest BCUT2D eigenvalue weighted by atomic mass is 10.3. The number of carboxylic acids is 1. The molecule has 1 rings (SSSR count).